The molecule has 0 saturated carbocycles. The van der Waals surface area contributed by atoms with Crippen LogP contribution >= 0.6 is 0 Å². The summed E-state index contributed by atoms with van der Waals surface area (Å²) in [4.78, 5) is 0. The van der Waals surface area contributed by atoms with Crippen molar-refractivity contribution in [2.24, 2.45) is 0 Å². The Kier molecular flexibility index (Phi) is 8.46. The van der Waals surface area contributed by atoms with Crippen LogP contribution in [0, 0.1) is 0 Å². The molecule has 0 spiro atoms. The van der Waals surface area contributed by atoms with Crippen LogP contribution in [0.25, 0.3) is 0 Å². The number of hydrogen-bond acceptors (Lipinski definition) is 2. The summed E-state index contributed by atoms with van der Waals surface area (Å²) in [5, 5.41) is 12.9. The normalized spacial score (nSPS) is 15.7. The van der Waals surface area contributed by atoms with E-state index in [4.69, 9.17) is 0 Å². The molecule has 0 aromatic heterocycles. The maximum absolute atomic E-state index is 9.50. The van der Waals surface area contributed by atoms with E-state index in [0.29, 0.717) is 6.04 Å². The van der Waals surface area contributed by atoms with Crippen molar-refractivity contribution in [2.45, 2.75) is 65.0 Å². The van der Waals surface area contributed by atoms with E-state index >= 15 is 0 Å². The topological polar surface area (TPSA) is 32.3 Å². The molecule has 2 nitrogen and oxygen atoms in total. The molecule has 2 atom stereocenters. The van der Waals surface area contributed by atoms with Crippen molar-refractivity contribution in [1.29, 1.82) is 0 Å². The molecule has 0 rings (SSSR count). The number of hydrogen-bond donors (Lipinski definition) is 2. The lowest BCUT2D eigenvalue weighted by Crippen LogP contribution is -2.35. The molecule has 0 aliphatic heterocycles. The number of aliphatic hydroxyl groups is 1. The van der Waals surface area contributed by atoms with E-state index in [-0.39, 0.29) is 6.10 Å². The van der Waals surface area contributed by atoms with E-state index in [2.05, 4.69) is 26.1 Å². The van der Waals surface area contributed by atoms with Crippen molar-refractivity contribution in [3.8, 4) is 0 Å². The molecule has 0 saturated heterocycles. The molecule has 0 aromatic rings. The van der Waals surface area contributed by atoms with Crippen LogP contribution < -0.4 is 5.32 Å². The van der Waals surface area contributed by atoms with Gasteiger partial charge in [0.25, 0.3) is 0 Å². The Labute approximate surface area is 82.7 Å². The summed E-state index contributed by atoms with van der Waals surface area (Å²) in [5.74, 6) is 0. The smallest absolute Gasteiger partial charge is 0.0664 e. The van der Waals surface area contributed by atoms with E-state index in [9.17, 15) is 5.11 Å². The highest BCUT2D eigenvalue weighted by Gasteiger charge is 2.07. The molecule has 0 fully saturated rings. The zero-order valence-corrected chi connectivity index (χ0v) is 9.34. The molecule has 0 heterocycles. The van der Waals surface area contributed by atoms with Crippen LogP contribution in [0.3, 0.4) is 0 Å². The van der Waals surface area contributed by atoms with Crippen LogP contribution in [0.15, 0.2) is 0 Å². The van der Waals surface area contributed by atoms with Gasteiger partial charge in [0.1, 0.15) is 0 Å². The third-order valence-electron chi connectivity index (χ3n) is 2.39. The molecule has 0 amide bonds. The van der Waals surface area contributed by atoms with Crippen molar-refractivity contribution < 1.29 is 5.11 Å². The first-order valence-corrected chi connectivity index (χ1v) is 5.65. The molecule has 80 valence electrons. The largest absolute Gasteiger partial charge is 0.392 e. The molecule has 0 aliphatic rings. The second-order valence-electron chi connectivity index (χ2n) is 3.74. The second-order valence-corrected chi connectivity index (χ2v) is 3.74. The van der Waals surface area contributed by atoms with E-state index < -0.39 is 0 Å². The van der Waals surface area contributed by atoms with Gasteiger partial charge in [-0.05, 0) is 19.3 Å². The highest BCUT2D eigenvalue weighted by Crippen LogP contribution is 2.02. The third-order valence-corrected chi connectivity index (χ3v) is 2.39. The highest BCUT2D eigenvalue weighted by atomic mass is 16.3. The van der Waals surface area contributed by atoms with Gasteiger partial charge >= 0.3 is 0 Å². The Bertz CT molecular complexity index is 106. The van der Waals surface area contributed by atoms with Gasteiger partial charge in [-0.1, -0.05) is 33.6 Å². The first kappa shape index (κ1) is 12.9. The number of nitrogens with one attached hydrogen (secondary N) is 1. The van der Waals surface area contributed by atoms with Crippen LogP contribution in [0.2, 0.25) is 0 Å². The summed E-state index contributed by atoms with van der Waals surface area (Å²) in [7, 11) is 0. The highest BCUT2D eigenvalue weighted by molar-refractivity contribution is 4.67. The van der Waals surface area contributed by atoms with Gasteiger partial charge in [-0.3, -0.25) is 0 Å². The lowest BCUT2D eigenvalue weighted by Gasteiger charge is -2.18. The van der Waals surface area contributed by atoms with Gasteiger partial charge in [-0.15, -0.1) is 0 Å². The van der Waals surface area contributed by atoms with Crippen LogP contribution in [0.4, 0.5) is 0 Å². The van der Waals surface area contributed by atoms with Crippen molar-refractivity contribution in [3.05, 3.63) is 0 Å². The van der Waals surface area contributed by atoms with Gasteiger partial charge in [0, 0.05) is 12.6 Å². The predicted octanol–water partition coefficient (Wildman–Crippen LogP) is 2.32. The number of rotatable bonds is 8. The van der Waals surface area contributed by atoms with Gasteiger partial charge in [0.2, 0.25) is 0 Å². The zero-order valence-electron chi connectivity index (χ0n) is 9.34. The quantitative estimate of drug-likeness (QED) is 0.611. The molecule has 2 heteroatoms. The fraction of sp³-hybridized carbons (Fsp3) is 1.00. The molecule has 0 aromatic carbocycles. The van der Waals surface area contributed by atoms with E-state index in [0.717, 1.165) is 25.8 Å². The zero-order chi connectivity index (χ0) is 10.1. The summed E-state index contributed by atoms with van der Waals surface area (Å²) >= 11 is 0. The van der Waals surface area contributed by atoms with Crippen LogP contribution in [0.5, 0.6) is 0 Å². The predicted molar refractivity (Wildman–Crippen MR) is 57.9 cm³/mol. The standard InChI is InChI=1S/C11H25NO/c1-4-7-10(6-3)12-9-11(13)8-5-2/h10-13H,4-9H2,1-3H3. The Hall–Kier alpha value is -0.0800. The van der Waals surface area contributed by atoms with Crippen molar-refractivity contribution in [2.75, 3.05) is 6.54 Å². The van der Waals surface area contributed by atoms with E-state index in [1.807, 2.05) is 0 Å². The Morgan fingerprint density at radius 3 is 2.15 bits per heavy atom. The summed E-state index contributed by atoms with van der Waals surface area (Å²) in [6, 6.07) is 0.594. The SMILES string of the molecule is CCCC(O)CNC(CC)CCC. The molecule has 0 aliphatic carbocycles. The fourth-order valence-corrected chi connectivity index (χ4v) is 1.54. The fourth-order valence-electron chi connectivity index (χ4n) is 1.54. The van der Waals surface area contributed by atoms with Crippen molar-refractivity contribution in [3.63, 3.8) is 0 Å². The van der Waals surface area contributed by atoms with Crippen molar-refractivity contribution >= 4 is 0 Å². The minimum atomic E-state index is -0.157. The first-order valence-electron chi connectivity index (χ1n) is 5.65. The van der Waals surface area contributed by atoms with Crippen LogP contribution in [-0.2, 0) is 0 Å². The van der Waals surface area contributed by atoms with Crippen molar-refractivity contribution in [1.82, 2.24) is 5.32 Å². The Morgan fingerprint density at radius 1 is 1.08 bits per heavy atom. The monoisotopic (exact) mass is 187 g/mol. The molecule has 0 radical (unpaired) electrons. The summed E-state index contributed by atoms with van der Waals surface area (Å²) in [6.45, 7) is 7.26. The average molecular weight is 187 g/mol. The number of aliphatic hydroxyl groups excluding tert-OH is 1. The van der Waals surface area contributed by atoms with Gasteiger partial charge in [-0.25, -0.2) is 0 Å². The Morgan fingerprint density at radius 2 is 1.69 bits per heavy atom. The van der Waals surface area contributed by atoms with E-state index in [1.54, 1.807) is 0 Å². The molecular formula is C11H25NO. The summed E-state index contributed by atoms with van der Waals surface area (Å²) < 4.78 is 0. The molecule has 2 N–H and O–H groups in total. The molecular weight excluding hydrogens is 162 g/mol. The van der Waals surface area contributed by atoms with Gasteiger partial charge in [0.15, 0.2) is 0 Å². The minimum Gasteiger partial charge on any atom is -0.392 e. The lowest BCUT2D eigenvalue weighted by atomic mass is 10.1. The third kappa shape index (κ3) is 7.03. The van der Waals surface area contributed by atoms with Gasteiger partial charge < -0.3 is 10.4 Å². The second kappa shape index (κ2) is 8.52. The summed E-state index contributed by atoms with van der Waals surface area (Å²) in [5.41, 5.74) is 0. The summed E-state index contributed by atoms with van der Waals surface area (Å²) in [6.07, 6.45) is 5.41. The Balaban J connectivity index is 3.46. The van der Waals surface area contributed by atoms with Gasteiger partial charge in [-0.2, -0.15) is 0 Å². The molecule has 0 bridgehead atoms. The average Bonchev–Trinajstić information content (AvgIpc) is 2.12. The molecule has 2 unspecified atom stereocenters. The van der Waals surface area contributed by atoms with Crippen LogP contribution in [-0.4, -0.2) is 23.8 Å². The van der Waals surface area contributed by atoms with E-state index in [1.165, 1.54) is 12.8 Å². The van der Waals surface area contributed by atoms with Crippen LogP contribution in [0.1, 0.15) is 52.9 Å². The minimum absolute atomic E-state index is 0.157. The van der Waals surface area contributed by atoms with Gasteiger partial charge in [0.05, 0.1) is 6.10 Å². The maximum atomic E-state index is 9.50. The lowest BCUT2D eigenvalue weighted by molar-refractivity contribution is 0.155. The first-order chi connectivity index (χ1) is 6.24. The molecule has 13 heavy (non-hydrogen) atoms. The maximum Gasteiger partial charge on any atom is 0.0664 e.